The van der Waals surface area contributed by atoms with Crippen molar-refractivity contribution in [2.24, 2.45) is 5.41 Å². The molecule has 2 aromatic heterocycles. The molecule has 3 atom stereocenters. The summed E-state index contributed by atoms with van der Waals surface area (Å²) in [5.41, 5.74) is 5.86. The van der Waals surface area contributed by atoms with Crippen LogP contribution in [-0.4, -0.2) is 158 Å². The van der Waals surface area contributed by atoms with Gasteiger partial charge in [-0.15, -0.1) is 11.3 Å². The number of aliphatic hydroxyl groups is 1. The van der Waals surface area contributed by atoms with E-state index in [1.54, 1.807) is 42.7 Å². The fraction of sp³-hybridized carbons (Fsp3) is 0.473. The van der Waals surface area contributed by atoms with Gasteiger partial charge in [-0.05, 0) is 42.0 Å². The number of amides is 4. The van der Waals surface area contributed by atoms with Crippen LogP contribution in [0.3, 0.4) is 0 Å². The molecule has 2 fully saturated rings. The molecule has 0 radical (unpaired) electrons. The van der Waals surface area contributed by atoms with Gasteiger partial charge < -0.3 is 54.5 Å². The van der Waals surface area contributed by atoms with E-state index in [9.17, 15) is 29.5 Å². The molecule has 0 aliphatic carbocycles. The van der Waals surface area contributed by atoms with Gasteiger partial charge in [0.2, 0.25) is 23.6 Å². The largest absolute Gasteiger partial charge is 0.495 e. The molecular formula is C55H67Cl2N9O10S. The third kappa shape index (κ3) is 15.5. The number of benzene rings is 3. The van der Waals surface area contributed by atoms with Gasteiger partial charge in [-0.25, -0.2) is 4.98 Å². The molecule has 2 aliphatic heterocycles. The number of thiazole rings is 1. The van der Waals surface area contributed by atoms with Gasteiger partial charge in [0, 0.05) is 82.4 Å². The third-order valence-corrected chi connectivity index (χ3v) is 15.0. The van der Waals surface area contributed by atoms with Crippen molar-refractivity contribution in [3.8, 4) is 33.8 Å². The molecule has 7 rings (SSSR count). The number of anilines is 2. The van der Waals surface area contributed by atoms with E-state index < -0.39 is 29.5 Å². The number of ether oxygens (including phenoxy) is 5. The Morgan fingerprint density at radius 3 is 2.27 bits per heavy atom. The first-order valence-electron chi connectivity index (χ1n) is 25.5. The van der Waals surface area contributed by atoms with Crippen LogP contribution in [0.4, 0.5) is 11.4 Å². The molecule has 0 saturated carbocycles. The zero-order valence-corrected chi connectivity index (χ0v) is 46.6. The van der Waals surface area contributed by atoms with Crippen LogP contribution < -0.4 is 30.2 Å². The molecule has 1 unspecified atom stereocenters. The highest BCUT2D eigenvalue weighted by Gasteiger charge is 2.44. The van der Waals surface area contributed by atoms with E-state index in [0.717, 1.165) is 47.8 Å². The van der Waals surface area contributed by atoms with Crippen molar-refractivity contribution >= 4 is 80.4 Å². The minimum absolute atomic E-state index is 0.00663. The van der Waals surface area contributed by atoms with Gasteiger partial charge >= 0.3 is 0 Å². The topological polar surface area (TPSA) is 230 Å². The highest BCUT2D eigenvalue weighted by Crippen LogP contribution is 2.41. The van der Waals surface area contributed by atoms with Gasteiger partial charge in [-0.1, -0.05) is 68.2 Å². The molecule has 5 aromatic rings. The van der Waals surface area contributed by atoms with E-state index in [1.165, 1.54) is 18.2 Å². The molecule has 77 heavy (non-hydrogen) atoms. The van der Waals surface area contributed by atoms with Crippen molar-refractivity contribution in [1.29, 1.82) is 5.26 Å². The number of aromatic nitrogens is 2. The number of aryl methyl sites for hydroxylation is 1. The quantitative estimate of drug-likeness (QED) is 0.0450. The summed E-state index contributed by atoms with van der Waals surface area (Å²) in [6.07, 6.45) is 1.66. The second-order valence-corrected chi connectivity index (χ2v) is 21.5. The lowest BCUT2D eigenvalue weighted by Crippen LogP contribution is -2.57. The Hall–Kier alpha value is -6.31. The Balaban J connectivity index is 0.762. The first-order chi connectivity index (χ1) is 37.0. The monoisotopic (exact) mass is 1120 g/mol. The lowest BCUT2D eigenvalue weighted by atomic mass is 9.85. The van der Waals surface area contributed by atoms with E-state index in [2.05, 4.69) is 36.9 Å². The number of likely N-dealkylation sites (tertiary alicyclic amines) is 1. The van der Waals surface area contributed by atoms with Crippen molar-refractivity contribution in [2.75, 3.05) is 91.8 Å². The molecule has 2 saturated heterocycles. The summed E-state index contributed by atoms with van der Waals surface area (Å²) in [4.78, 5) is 69.0. The number of piperazine rings is 1. The van der Waals surface area contributed by atoms with Crippen LogP contribution in [0.2, 0.25) is 10.0 Å². The van der Waals surface area contributed by atoms with Crippen molar-refractivity contribution in [2.45, 2.75) is 78.1 Å². The van der Waals surface area contributed by atoms with Gasteiger partial charge in [-0.3, -0.25) is 29.1 Å². The Kier molecular flexibility index (Phi) is 20.7. The minimum atomic E-state index is -0.955. The van der Waals surface area contributed by atoms with E-state index in [4.69, 9.17) is 46.9 Å². The maximum absolute atomic E-state index is 14.0. The zero-order chi connectivity index (χ0) is 55.2. The van der Waals surface area contributed by atoms with Crippen LogP contribution in [-0.2, 0) is 35.2 Å². The summed E-state index contributed by atoms with van der Waals surface area (Å²) in [5, 5.41) is 30.9. The molecule has 4 amide bonds. The van der Waals surface area contributed by atoms with E-state index in [0.29, 0.717) is 74.8 Å². The maximum atomic E-state index is 14.0. The number of nitrogens with one attached hydrogen (secondary N) is 3. The summed E-state index contributed by atoms with van der Waals surface area (Å²) in [6, 6.07) is 15.0. The summed E-state index contributed by atoms with van der Waals surface area (Å²) in [7, 11) is 3.05. The second kappa shape index (κ2) is 27.3. The number of β-amino-alcohol motifs (C(OH)–C–C–N with tert-alkyl or cyclic N) is 1. The molecule has 2 aliphatic rings. The number of pyridine rings is 1. The van der Waals surface area contributed by atoms with Gasteiger partial charge in [0.05, 0.1) is 108 Å². The van der Waals surface area contributed by atoms with Crippen molar-refractivity contribution in [3.63, 3.8) is 0 Å². The average molecular weight is 1120 g/mol. The lowest BCUT2D eigenvalue weighted by molar-refractivity contribution is -0.144. The van der Waals surface area contributed by atoms with Crippen molar-refractivity contribution < 1.29 is 48.0 Å². The highest BCUT2D eigenvalue weighted by molar-refractivity contribution is 7.13. The number of aliphatic hydroxyl groups excluding tert-OH is 1. The molecule has 0 bridgehead atoms. The smallest absolute Gasteiger partial charge is 0.246 e. The number of fused-ring (bicyclic) bond motifs is 1. The summed E-state index contributed by atoms with van der Waals surface area (Å²) < 4.78 is 28.6. The van der Waals surface area contributed by atoms with Crippen LogP contribution in [0.15, 0.2) is 60.2 Å². The summed E-state index contributed by atoms with van der Waals surface area (Å²) in [5.74, 6) is 0.216. The number of hydrogen-bond donors (Lipinski definition) is 4. The molecule has 3 aromatic carbocycles. The van der Waals surface area contributed by atoms with Gasteiger partial charge in [0.1, 0.15) is 23.9 Å². The van der Waals surface area contributed by atoms with Crippen LogP contribution in [0.5, 0.6) is 17.2 Å². The minimum Gasteiger partial charge on any atom is -0.495 e. The van der Waals surface area contributed by atoms with Crippen LogP contribution >= 0.6 is 34.5 Å². The second-order valence-electron chi connectivity index (χ2n) is 19.9. The Bertz CT molecular complexity index is 2910. The van der Waals surface area contributed by atoms with E-state index in [1.807, 2.05) is 62.4 Å². The number of hydrogen-bond acceptors (Lipinski definition) is 16. The number of nitrogens with zero attached hydrogens (tertiary/aromatic N) is 6. The number of nitriles is 1. The number of carbonyl (C=O) groups excluding carboxylic acids is 4. The van der Waals surface area contributed by atoms with Crippen molar-refractivity contribution in [3.05, 3.63) is 87.1 Å². The first-order valence-corrected chi connectivity index (χ1v) is 27.2. The standard InChI is InChI=1S/C55H67Cl2N9O10S/c1-34-51(77-33-61-34)36-10-8-35(9-11-36)30-60-53(70)44-24-38(67)32-66(44)54(71)52(55(2,3)4)63-48(68)12-20-74-22-23-75-21-13-49(69)65-17-15-64(16-18-65)14-7-19-76-47-27-42-39(25-46(47)73-6)50(37(29-58)31-59-42)62-43-28-45(72-5)41(57)26-40(43)56/h8-11,25-28,31,33,38,44,52,67H,7,12-24,30,32H2,1-6H3,(H,59,62)(H,60,70)(H,63,68)/t38-,44+,52?/m1/s1. The lowest BCUT2D eigenvalue weighted by Gasteiger charge is -2.35. The normalized spacial score (nSPS) is 16.2. The highest BCUT2D eigenvalue weighted by atomic mass is 35.5. The molecule has 0 spiro atoms. The average Bonchev–Trinajstić information content (AvgIpc) is 4.04. The van der Waals surface area contributed by atoms with Crippen molar-refractivity contribution in [1.82, 2.24) is 35.3 Å². The number of methoxy groups -OCH3 is 2. The Morgan fingerprint density at radius 2 is 1.61 bits per heavy atom. The van der Waals surface area contributed by atoms with E-state index >= 15 is 0 Å². The van der Waals surface area contributed by atoms with Gasteiger partial charge in [0.25, 0.3) is 0 Å². The predicted molar refractivity (Wildman–Crippen MR) is 295 cm³/mol. The van der Waals surface area contributed by atoms with Crippen LogP contribution in [0.25, 0.3) is 21.3 Å². The first kappa shape index (κ1) is 58.4. The maximum Gasteiger partial charge on any atom is 0.246 e. The Labute approximate surface area is 463 Å². The molecule has 4 N–H and O–H groups in total. The molecule has 19 nitrogen and oxygen atoms in total. The summed E-state index contributed by atoms with van der Waals surface area (Å²) in [6.45, 7) is 12.3. The van der Waals surface area contributed by atoms with Crippen LogP contribution in [0, 0.1) is 23.7 Å². The zero-order valence-electron chi connectivity index (χ0n) is 44.3. The van der Waals surface area contributed by atoms with Gasteiger partial charge in [0.15, 0.2) is 11.5 Å². The molecule has 412 valence electrons. The molecule has 4 heterocycles. The summed E-state index contributed by atoms with van der Waals surface area (Å²) >= 11 is 14.3. The SMILES string of the molecule is COc1cc(Nc2c(C#N)cnc3cc(OCCCN4CCN(C(=O)CCOCCOCCC(=O)NC(C(=O)N5C[C@H](O)C[C@H]5C(=O)NCc5ccc(-c6scnc6C)cc5)C(C)(C)C)CC4)c(OC)cc23)c(Cl)cc1Cl. The fourth-order valence-electron chi connectivity index (χ4n) is 9.12. The Morgan fingerprint density at radius 1 is 0.896 bits per heavy atom. The number of rotatable bonds is 24. The number of carbonyl (C=O) groups is 4. The van der Waals surface area contributed by atoms with Gasteiger partial charge in [-0.2, -0.15) is 5.26 Å². The van der Waals surface area contributed by atoms with E-state index in [-0.39, 0.29) is 76.5 Å². The molecule has 22 heteroatoms. The molecular weight excluding hydrogens is 1050 g/mol. The fourth-order valence-corrected chi connectivity index (χ4v) is 10.4. The van der Waals surface area contributed by atoms with Crippen LogP contribution in [0.1, 0.15) is 63.3 Å². The number of halogens is 2. The predicted octanol–water partition coefficient (Wildman–Crippen LogP) is 7.14. The third-order valence-electron chi connectivity index (χ3n) is 13.4.